The van der Waals surface area contributed by atoms with Gasteiger partial charge in [-0.2, -0.15) is 0 Å². The van der Waals surface area contributed by atoms with Gasteiger partial charge in [0, 0.05) is 22.5 Å². The summed E-state index contributed by atoms with van der Waals surface area (Å²) in [5.74, 6) is 0.326. The van der Waals surface area contributed by atoms with Crippen LogP contribution in [0.1, 0.15) is 48.4 Å². The zero-order valence-corrected chi connectivity index (χ0v) is 11.1. The Morgan fingerprint density at radius 2 is 2.24 bits per heavy atom. The third-order valence-corrected chi connectivity index (χ3v) is 3.89. The van der Waals surface area contributed by atoms with E-state index in [2.05, 4.69) is 13.0 Å². The van der Waals surface area contributed by atoms with Crippen molar-refractivity contribution >= 4 is 17.1 Å². The standard InChI is InChI=1S/C14H19NOS/c1-2-4-13(17)11-7-9-5-3-6-10(9)12(8-15)14(11)16/h7,16H,2-6,8,15H2,1H3. The van der Waals surface area contributed by atoms with Crippen molar-refractivity contribution < 1.29 is 5.11 Å². The van der Waals surface area contributed by atoms with Crippen molar-refractivity contribution in [2.24, 2.45) is 5.73 Å². The molecule has 0 unspecified atom stereocenters. The van der Waals surface area contributed by atoms with Crippen LogP contribution in [0, 0.1) is 0 Å². The maximum Gasteiger partial charge on any atom is 0.128 e. The van der Waals surface area contributed by atoms with Crippen LogP contribution < -0.4 is 5.73 Å². The summed E-state index contributed by atoms with van der Waals surface area (Å²) in [5.41, 5.74) is 10.1. The largest absolute Gasteiger partial charge is 0.507 e. The Morgan fingerprint density at radius 1 is 1.47 bits per heavy atom. The zero-order valence-electron chi connectivity index (χ0n) is 10.3. The number of aromatic hydroxyl groups is 1. The van der Waals surface area contributed by atoms with E-state index in [1.807, 2.05) is 0 Å². The molecule has 3 heteroatoms. The summed E-state index contributed by atoms with van der Waals surface area (Å²) in [6.07, 6.45) is 5.14. The molecule has 0 saturated heterocycles. The molecule has 0 bridgehead atoms. The van der Waals surface area contributed by atoms with Gasteiger partial charge in [0.15, 0.2) is 0 Å². The van der Waals surface area contributed by atoms with Crippen LogP contribution >= 0.6 is 12.2 Å². The van der Waals surface area contributed by atoms with Crippen LogP contribution in [0.4, 0.5) is 0 Å². The molecule has 0 aliphatic heterocycles. The minimum Gasteiger partial charge on any atom is -0.507 e. The number of benzene rings is 1. The smallest absolute Gasteiger partial charge is 0.128 e. The normalized spacial score (nSPS) is 13.8. The van der Waals surface area contributed by atoms with Gasteiger partial charge in [0.25, 0.3) is 0 Å². The van der Waals surface area contributed by atoms with E-state index in [4.69, 9.17) is 18.0 Å². The highest BCUT2D eigenvalue weighted by Gasteiger charge is 2.21. The van der Waals surface area contributed by atoms with Gasteiger partial charge in [-0.15, -0.1) is 0 Å². The number of fused-ring (bicyclic) bond motifs is 1. The third-order valence-electron chi connectivity index (χ3n) is 3.47. The Labute approximate surface area is 108 Å². The van der Waals surface area contributed by atoms with Crippen molar-refractivity contribution in [2.45, 2.75) is 45.6 Å². The van der Waals surface area contributed by atoms with Crippen LogP contribution in [0.5, 0.6) is 5.75 Å². The van der Waals surface area contributed by atoms with Gasteiger partial charge in [-0.1, -0.05) is 25.6 Å². The number of thiocarbonyl (C=S) groups is 1. The second-order valence-electron chi connectivity index (χ2n) is 4.62. The molecule has 17 heavy (non-hydrogen) atoms. The van der Waals surface area contributed by atoms with Gasteiger partial charge in [-0.3, -0.25) is 0 Å². The predicted octanol–water partition coefficient (Wildman–Crippen LogP) is 2.86. The molecule has 1 aromatic rings. The summed E-state index contributed by atoms with van der Waals surface area (Å²) in [5, 5.41) is 10.3. The minimum absolute atomic E-state index is 0.326. The number of phenolic OH excluding ortho intramolecular Hbond substituents is 1. The molecule has 1 aliphatic rings. The first-order valence-corrected chi connectivity index (χ1v) is 6.69. The number of hydrogen-bond acceptors (Lipinski definition) is 3. The molecule has 0 amide bonds. The lowest BCUT2D eigenvalue weighted by atomic mass is 9.95. The second-order valence-corrected chi connectivity index (χ2v) is 5.11. The van der Waals surface area contributed by atoms with Crippen LogP contribution in [-0.2, 0) is 19.4 Å². The highest BCUT2D eigenvalue weighted by molar-refractivity contribution is 7.80. The lowest BCUT2D eigenvalue weighted by Crippen LogP contribution is -2.07. The zero-order chi connectivity index (χ0) is 12.4. The summed E-state index contributed by atoms with van der Waals surface area (Å²) >= 11 is 5.39. The molecule has 0 saturated carbocycles. The molecule has 1 aromatic carbocycles. The van der Waals surface area contributed by atoms with E-state index in [-0.39, 0.29) is 0 Å². The first-order chi connectivity index (χ1) is 8.19. The van der Waals surface area contributed by atoms with E-state index in [1.165, 1.54) is 11.1 Å². The van der Waals surface area contributed by atoms with E-state index in [9.17, 15) is 5.11 Å². The number of nitrogens with two attached hydrogens (primary N) is 1. The average molecular weight is 249 g/mol. The summed E-state index contributed by atoms with van der Waals surface area (Å²) in [6, 6.07) is 2.08. The quantitative estimate of drug-likeness (QED) is 0.637. The summed E-state index contributed by atoms with van der Waals surface area (Å²) < 4.78 is 0. The van der Waals surface area contributed by atoms with Crippen molar-refractivity contribution in [3.8, 4) is 5.75 Å². The van der Waals surface area contributed by atoms with E-state index < -0.39 is 0 Å². The molecule has 0 radical (unpaired) electrons. The molecular weight excluding hydrogens is 230 g/mol. The van der Waals surface area contributed by atoms with Crippen LogP contribution in [0.2, 0.25) is 0 Å². The van der Waals surface area contributed by atoms with Crippen molar-refractivity contribution in [3.05, 3.63) is 28.3 Å². The third kappa shape index (κ3) is 2.22. The van der Waals surface area contributed by atoms with Crippen molar-refractivity contribution in [1.82, 2.24) is 0 Å². The first kappa shape index (κ1) is 12.5. The monoisotopic (exact) mass is 249 g/mol. The van der Waals surface area contributed by atoms with Crippen molar-refractivity contribution in [2.75, 3.05) is 0 Å². The van der Waals surface area contributed by atoms with E-state index >= 15 is 0 Å². The van der Waals surface area contributed by atoms with E-state index in [0.717, 1.165) is 48.1 Å². The maximum absolute atomic E-state index is 10.3. The van der Waals surface area contributed by atoms with Crippen molar-refractivity contribution in [3.63, 3.8) is 0 Å². The minimum atomic E-state index is 0.326. The summed E-state index contributed by atoms with van der Waals surface area (Å²) in [7, 11) is 0. The molecule has 92 valence electrons. The first-order valence-electron chi connectivity index (χ1n) is 6.28. The van der Waals surface area contributed by atoms with Gasteiger partial charge < -0.3 is 10.8 Å². The Kier molecular flexibility index (Phi) is 3.79. The fourth-order valence-electron chi connectivity index (χ4n) is 2.61. The topological polar surface area (TPSA) is 46.2 Å². The molecule has 3 N–H and O–H groups in total. The highest BCUT2D eigenvalue weighted by atomic mass is 32.1. The van der Waals surface area contributed by atoms with Gasteiger partial charge >= 0.3 is 0 Å². The molecule has 0 atom stereocenters. The summed E-state index contributed by atoms with van der Waals surface area (Å²) in [4.78, 5) is 0.856. The van der Waals surface area contributed by atoms with Gasteiger partial charge in [0.1, 0.15) is 5.75 Å². The van der Waals surface area contributed by atoms with Crippen molar-refractivity contribution in [1.29, 1.82) is 0 Å². The SMILES string of the molecule is CCCC(=S)c1cc2c(c(CN)c1O)CCC2. The second kappa shape index (κ2) is 5.15. The number of rotatable bonds is 4. The molecule has 2 nitrogen and oxygen atoms in total. The molecule has 0 heterocycles. The lowest BCUT2D eigenvalue weighted by Gasteiger charge is -2.14. The highest BCUT2D eigenvalue weighted by Crippen LogP contribution is 2.35. The Bertz CT molecular complexity index is 454. The molecule has 0 fully saturated rings. The summed E-state index contributed by atoms with van der Waals surface area (Å²) in [6.45, 7) is 2.50. The molecule has 2 rings (SSSR count). The van der Waals surface area contributed by atoms with E-state index in [1.54, 1.807) is 0 Å². The van der Waals surface area contributed by atoms with Crippen LogP contribution in [0.15, 0.2) is 6.07 Å². The van der Waals surface area contributed by atoms with Crippen LogP contribution in [0.3, 0.4) is 0 Å². The molecule has 0 aromatic heterocycles. The maximum atomic E-state index is 10.3. The average Bonchev–Trinajstić information content (AvgIpc) is 2.76. The Hall–Kier alpha value is -0.930. The molecular formula is C14H19NOS. The number of hydrogen-bond donors (Lipinski definition) is 2. The predicted molar refractivity (Wildman–Crippen MR) is 74.6 cm³/mol. The lowest BCUT2D eigenvalue weighted by molar-refractivity contribution is 0.466. The fraction of sp³-hybridized carbons (Fsp3) is 0.500. The van der Waals surface area contributed by atoms with Gasteiger partial charge in [-0.05, 0) is 42.9 Å². The molecule has 0 spiro atoms. The van der Waals surface area contributed by atoms with Gasteiger partial charge in [0.2, 0.25) is 0 Å². The Morgan fingerprint density at radius 3 is 2.88 bits per heavy atom. The van der Waals surface area contributed by atoms with E-state index in [0.29, 0.717) is 12.3 Å². The van der Waals surface area contributed by atoms with Gasteiger partial charge in [-0.25, -0.2) is 0 Å². The van der Waals surface area contributed by atoms with Crippen LogP contribution in [0.25, 0.3) is 0 Å². The Balaban J connectivity index is 2.51. The number of aryl methyl sites for hydroxylation is 1. The fourth-order valence-corrected chi connectivity index (χ4v) is 2.97. The van der Waals surface area contributed by atoms with Crippen LogP contribution in [-0.4, -0.2) is 9.97 Å². The molecule has 1 aliphatic carbocycles. The number of phenols is 1. The van der Waals surface area contributed by atoms with Gasteiger partial charge in [0.05, 0.1) is 0 Å².